The summed E-state index contributed by atoms with van der Waals surface area (Å²) < 4.78 is 52.0. The van der Waals surface area contributed by atoms with E-state index >= 15 is 0 Å². The zero-order valence-corrected chi connectivity index (χ0v) is 16.2. The van der Waals surface area contributed by atoms with Crippen LogP contribution < -0.4 is 0 Å². The molecule has 3 rings (SSSR count). The maximum Gasteiger partial charge on any atom is 0.280 e. The highest BCUT2D eigenvalue weighted by atomic mass is 35.5. The number of hydrogen-bond donors (Lipinski definition) is 0. The summed E-state index contributed by atoms with van der Waals surface area (Å²) in [6.45, 7) is -0.346. The van der Waals surface area contributed by atoms with Gasteiger partial charge in [-0.3, -0.25) is 0 Å². The van der Waals surface area contributed by atoms with E-state index < -0.39 is 16.3 Å². The average Bonchev–Trinajstić information content (AvgIpc) is 3.01. The quantitative estimate of drug-likeness (QED) is 0.596. The summed E-state index contributed by atoms with van der Waals surface area (Å²) in [7, 11) is -3.40. The van der Waals surface area contributed by atoms with Gasteiger partial charge in [0.15, 0.2) is 9.84 Å². The molecule has 0 unspecified atom stereocenters. The zero-order chi connectivity index (χ0) is 20.5. The molecule has 0 aliphatic heterocycles. The van der Waals surface area contributed by atoms with Gasteiger partial charge in [-0.2, -0.15) is 10.4 Å². The number of halogens is 3. The van der Waals surface area contributed by atoms with E-state index in [1.807, 2.05) is 6.07 Å². The van der Waals surface area contributed by atoms with Crippen molar-refractivity contribution in [2.24, 2.45) is 0 Å². The van der Waals surface area contributed by atoms with Gasteiger partial charge in [-0.25, -0.2) is 21.9 Å². The Balaban J connectivity index is 2.26. The molecule has 3 aromatic rings. The van der Waals surface area contributed by atoms with Crippen LogP contribution in [0.2, 0.25) is 5.02 Å². The van der Waals surface area contributed by atoms with Gasteiger partial charge in [-0.05, 0) is 29.8 Å². The first-order valence-corrected chi connectivity index (χ1v) is 10.3. The van der Waals surface area contributed by atoms with Crippen molar-refractivity contribution in [2.45, 2.75) is 17.9 Å². The number of sulfone groups is 1. The summed E-state index contributed by atoms with van der Waals surface area (Å²) >= 11 is 5.90. The molecular weight excluding hydrogens is 408 g/mol. The highest BCUT2D eigenvalue weighted by molar-refractivity contribution is 7.90. The minimum absolute atomic E-state index is 0.106. The molecule has 0 radical (unpaired) electrons. The van der Waals surface area contributed by atoms with Crippen LogP contribution in [0.4, 0.5) is 8.78 Å². The molecule has 1 aromatic heterocycles. The highest BCUT2D eigenvalue weighted by Crippen LogP contribution is 2.39. The van der Waals surface area contributed by atoms with Crippen molar-refractivity contribution in [3.63, 3.8) is 0 Å². The molecule has 1 heterocycles. The summed E-state index contributed by atoms with van der Waals surface area (Å²) in [6.07, 6.45) is -1.78. The van der Waals surface area contributed by atoms with E-state index in [-0.39, 0.29) is 28.4 Å². The zero-order valence-electron chi connectivity index (χ0n) is 14.6. The Hall–Kier alpha value is -2.76. The second-order valence-electron chi connectivity index (χ2n) is 6.03. The van der Waals surface area contributed by atoms with Gasteiger partial charge in [0.1, 0.15) is 17.9 Å². The normalized spacial score (nSPS) is 11.6. The van der Waals surface area contributed by atoms with E-state index in [2.05, 4.69) is 5.10 Å². The van der Waals surface area contributed by atoms with E-state index in [0.717, 1.165) is 10.9 Å². The van der Waals surface area contributed by atoms with Crippen LogP contribution in [0.3, 0.4) is 0 Å². The summed E-state index contributed by atoms with van der Waals surface area (Å²) in [5.41, 5.74) is 0.940. The number of alkyl halides is 2. The largest absolute Gasteiger partial charge is 0.280 e. The molecule has 0 N–H and O–H groups in total. The Morgan fingerprint density at radius 1 is 1.11 bits per heavy atom. The molecule has 0 atom stereocenters. The molecule has 9 heteroatoms. The number of benzene rings is 2. The molecule has 0 aliphatic rings. The molecule has 0 amide bonds. The lowest BCUT2D eigenvalue weighted by atomic mass is 9.99. The van der Waals surface area contributed by atoms with Crippen molar-refractivity contribution in [1.29, 1.82) is 5.26 Å². The average molecular weight is 422 g/mol. The molecule has 0 saturated carbocycles. The monoisotopic (exact) mass is 421 g/mol. The van der Waals surface area contributed by atoms with E-state index in [1.54, 1.807) is 24.3 Å². The third-order valence-electron chi connectivity index (χ3n) is 4.11. The van der Waals surface area contributed by atoms with Gasteiger partial charge in [-0.1, -0.05) is 35.9 Å². The van der Waals surface area contributed by atoms with Crippen LogP contribution in [0.5, 0.6) is 0 Å². The van der Waals surface area contributed by atoms with Crippen LogP contribution in [0.25, 0.3) is 22.4 Å². The van der Waals surface area contributed by atoms with E-state index in [4.69, 9.17) is 16.9 Å². The number of nitrogens with zero attached hydrogens (tertiary/aromatic N) is 3. The Morgan fingerprint density at radius 3 is 2.18 bits per heavy atom. The Bertz CT molecular complexity index is 1150. The lowest BCUT2D eigenvalue weighted by Crippen LogP contribution is -2.04. The minimum Gasteiger partial charge on any atom is -0.248 e. The third-order valence-corrected chi connectivity index (χ3v) is 5.49. The minimum atomic E-state index is -3.40. The number of rotatable bonds is 5. The third kappa shape index (κ3) is 3.91. The summed E-state index contributed by atoms with van der Waals surface area (Å²) in [5.74, 6) is 0. The highest BCUT2D eigenvalue weighted by Gasteiger charge is 2.26. The van der Waals surface area contributed by atoms with Gasteiger partial charge in [0.05, 0.1) is 11.0 Å². The first-order valence-electron chi connectivity index (χ1n) is 8.04. The van der Waals surface area contributed by atoms with E-state index in [1.165, 1.54) is 24.3 Å². The van der Waals surface area contributed by atoms with Crippen LogP contribution in [0.15, 0.2) is 53.4 Å². The number of nitriles is 1. The first-order chi connectivity index (χ1) is 13.2. The second kappa shape index (κ2) is 7.70. The fourth-order valence-corrected chi connectivity index (χ4v) is 3.60. The molecule has 0 saturated heterocycles. The van der Waals surface area contributed by atoms with Crippen LogP contribution >= 0.6 is 11.6 Å². The Morgan fingerprint density at radius 2 is 1.68 bits per heavy atom. The molecule has 0 fully saturated rings. The van der Waals surface area contributed by atoms with Crippen molar-refractivity contribution in [1.82, 2.24) is 9.78 Å². The van der Waals surface area contributed by atoms with E-state index in [9.17, 15) is 17.2 Å². The number of aromatic nitrogens is 2. The molecule has 0 aliphatic carbocycles. The molecular formula is C19H14ClF2N3O2S. The molecule has 0 spiro atoms. The van der Waals surface area contributed by atoms with Crippen molar-refractivity contribution in [3.8, 4) is 28.5 Å². The van der Waals surface area contributed by atoms with Crippen LogP contribution in [0.1, 0.15) is 12.1 Å². The summed E-state index contributed by atoms with van der Waals surface area (Å²) in [6, 6.07) is 14.0. The van der Waals surface area contributed by atoms with Gasteiger partial charge in [0.2, 0.25) is 0 Å². The SMILES string of the molecule is CS(=O)(=O)c1ccc(-c2nn(CC#N)c(C(F)F)c2-c2ccc(Cl)cc2)cc1. The maximum atomic E-state index is 13.9. The van der Waals surface area contributed by atoms with Gasteiger partial charge in [-0.15, -0.1) is 0 Å². The fraction of sp³-hybridized carbons (Fsp3) is 0.158. The smallest absolute Gasteiger partial charge is 0.248 e. The Labute approximate surface area is 165 Å². The molecule has 0 bridgehead atoms. The van der Waals surface area contributed by atoms with Crippen molar-refractivity contribution in [3.05, 3.63) is 59.2 Å². The van der Waals surface area contributed by atoms with Gasteiger partial charge in [0.25, 0.3) is 6.43 Å². The topological polar surface area (TPSA) is 75.8 Å². The molecule has 2 aromatic carbocycles. The van der Waals surface area contributed by atoms with Crippen molar-refractivity contribution < 1.29 is 17.2 Å². The van der Waals surface area contributed by atoms with Gasteiger partial charge in [0, 0.05) is 22.4 Å². The Kier molecular flexibility index (Phi) is 5.49. The standard InChI is InChI=1S/C19H14ClF2N3O2S/c1-28(26,27)15-8-4-13(5-9-15)17-16(12-2-6-14(20)7-3-12)18(19(21)22)25(24-17)11-10-23/h2-9,19H,11H2,1H3. The second-order valence-corrected chi connectivity index (χ2v) is 8.48. The van der Waals surface area contributed by atoms with Crippen LogP contribution in [0, 0.1) is 11.3 Å². The molecule has 5 nitrogen and oxygen atoms in total. The molecule has 28 heavy (non-hydrogen) atoms. The van der Waals surface area contributed by atoms with E-state index in [0.29, 0.717) is 16.1 Å². The van der Waals surface area contributed by atoms with Gasteiger partial charge < -0.3 is 0 Å². The molecule has 144 valence electrons. The predicted molar refractivity (Wildman–Crippen MR) is 102 cm³/mol. The lowest BCUT2D eigenvalue weighted by molar-refractivity contribution is 0.140. The number of hydrogen-bond acceptors (Lipinski definition) is 4. The predicted octanol–water partition coefficient (Wildman–Crippen LogP) is 4.74. The van der Waals surface area contributed by atoms with Crippen molar-refractivity contribution >= 4 is 21.4 Å². The summed E-state index contributed by atoms with van der Waals surface area (Å²) in [4.78, 5) is 0.106. The fourth-order valence-electron chi connectivity index (χ4n) is 2.85. The van der Waals surface area contributed by atoms with Crippen molar-refractivity contribution in [2.75, 3.05) is 6.26 Å². The lowest BCUT2D eigenvalue weighted by Gasteiger charge is -2.08. The first kappa shape index (κ1) is 20.0. The summed E-state index contributed by atoms with van der Waals surface area (Å²) in [5, 5.41) is 13.7. The van der Waals surface area contributed by atoms with Gasteiger partial charge >= 0.3 is 0 Å². The van der Waals surface area contributed by atoms with Crippen LogP contribution in [-0.4, -0.2) is 24.5 Å². The maximum absolute atomic E-state index is 13.9. The van der Waals surface area contributed by atoms with Crippen LogP contribution in [-0.2, 0) is 16.4 Å².